The van der Waals surface area contributed by atoms with Gasteiger partial charge in [-0.15, -0.1) is 0 Å². The predicted octanol–water partition coefficient (Wildman–Crippen LogP) is 1.45. The van der Waals surface area contributed by atoms with Gasteiger partial charge in [0.15, 0.2) is 0 Å². The average Bonchev–Trinajstić information content (AvgIpc) is 1.82. The van der Waals surface area contributed by atoms with Crippen LogP contribution in [0.1, 0.15) is 26.2 Å². The van der Waals surface area contributed by atoms with Crippen molar-refractivity contribution < 1.29 is 8.42 Å². The number of sulfonamides is 1. The third-order valence-corrected chi connectivity index (χ3v) is 2.82. The quantitative estimate of drug-likeness (QED) is 0.631. The fourth-order valence-corrected chi connectivity index (χ4v) is 1.83. The second-order valence-electron chi connectivity index (χ2n) is 3.49. The molecule has 0 atom stereocenters. The highest BCUT2D eigenvalue weighted by molar-refractivity contribution is 7.89. The smallest absolute Gasteiger partial charge is 0.205 e. The molecule has 0 aromatic heterocycles. The van der Waals surface area contributed by atoms with Crippen molar-refractivity contribution in [2.24, 2.45) is 16.2 Å². The highest BCUT2D eigenvalue weighted by Crippen LogP contribution is 2.34. The summed E-state index contributed by atoms with van der Waals surface area (Å²) in [5.41, 5.74) is 0. The van der Waals surface area contributed by atoms with E-state index < -0.39 is 10.0 Å². The molecule has 0 aliphatic heterocycles. The highest BCUT2D eigenvalue weighted by Gasteiger charge is 2.26. The monoisotopic (exact) mass is 189 g/mol. The minimum Gasteiger partial charge on any atom is -0.205 e. The van der Waals surface area contributed by atoms with Gasteiger partial charge in [-0.2, -0.15) is 4.40 Å². The lowest BCUT2D eigenvalue weighted by molar-refractivity contribution is 0.254. The van der Waals surface area contributed by atoms with Crippen LogP contribution in [-0.4, -0.2) is 20.9 Å². The van der Waals surface area contributed by atoms with Crippen molar-refractivity contribution in [3.8, 4) is 0 Å². The van der Waals surface area contributed by atoms with Crippen LogP contribution < -0.4 is 0 Å². The fourth-order valence-electron chi connectivity index (χ4n) is 1.44. The van der Waals surface area contributed by atoms with Crippen LogP contribution in [-0.2, 0) is 10.0 Å². The van der Waals surface area contributed by atoms with Crippen LogP contribution in [0.2, 0.25) is 0 Å². The summed E-state index contributed by atoms with van der Waals surface area (Å²) in [5.74, 6) is 1.20. The van der Waals surface area contributed by atoms with Crippen molar-refractivity contribution in [1.29, 1.82) is 0 Å². The van der Waals surface area contributed by atoms with Crippen molar-refractivity contribution in [3.63, 3.8) is 0 Å². The molecular formula is C8H15NO2S. The molecule has 0 unspecified atom stereocenters. The van der Waals surface area contributed by atoms with E-state index in [1.165, 1.54) is 6.42 Å². The standard InChI is InChI=1S/C8H15NO2S/c1-3-7-4-8(5-7)6-9-12(2,10)11/h6-8H,3-5H2,1-2H3. The first-order valence-electron chi connectivity index (χ1n) is 4.26. The highest BCUT2D eigenvalue weighted by atomic mass is 32.2. The summed E-state index contributed by atoms with van der Waals surface area (Å²) in [6.07, 6.45) is 6.12. The minimum absolute atomic E-state index is 0.407. The van der Waals surface area contributed by atoms with E-state index in [1.54, 1.807) is 6.21 Å². The van der Waals surface area contributed by atoms with Crippen LogP contribution >= 0.6 is 0 Å². The van der Waals surface area contributed by atoms with E-state index in [-0.39, 0.29) is 0 Å². The molecule has 1 fully saturated rings. The van der Waals surface area contributed by atoms with E-state index in [0.717, 1.165) is 25.0 Å². The van der Waals surface area contributed by atoms with E-state index in [9.17, 15) is 8.42 Å². The summed E-state index contributed by atoms with van der Waals surface area (Å²) in [5, 5.41) is 0. The molecule has 12 heavy (non-hydrogen) atoms. The van der Waals surface area contributed by atoms with Gasteiger partial charge in [-0.25, -0.2) is 8.42 Å². The molecule has 0 aromatic rings. The molecule has 1 rings (SSSR count). The normalized spacial score (nSPS) is 30.5. The lowest BCUT2D eigenvalue weighted by Gasteiger charge is -2.31. The molecule has 1 aliphatic carbocycles. The minimum atomic E-state index is -3.15. The van der Waals surface area contributed by atoms with Gasteiger partial charge in [0.1, 0.15) is 0 Å². The van der Waals surface area contributed by atoms with Crippen LogP contribution in [0.25, 0.3) is 0 Å². The zero-order valence-corrected chi connectivity index (χ0v) is 8.34. The largest absolute Gasteiger partial charge is 0.249 e. The zero-order valence-electron chi connectivity index (χ0n) is 7.53. The maximum atomic E-state index is 10.6. The molecule has 70 valence electrons. The van der Waals surface area contributed by atoms with Crippen molar-refractivity contribution in [1.82, 2.24) is 0 Å². The Labute approximate surface area is 73.9 Å². The molecule has 1 saturated carbocycles. The van der Waals surface area contributed by atoms with Crippen LogP contribution in [0.4, 0.5) is 0 Å². The maximum absolute atomic E-state index is 10.6. The number of hydrogen-bond donors (Lipinski definition) is 0. The molecule has 0 heterocycles. The van der Waals surface area contributed by atoms with E-state index in [0.29, 0.717) is 5.92 Å². The summed E-state index contributed by atoms with van der Waals surface area (Å²) in [7, 11) is -3.15. The Bertz CT molecular complexity index is 263. The Morgan fingerprint density at radius 3 is 2.50 bits per heavy atom. The van der Waals surface area contributed by atoms with Gasteiger partial charge in [0.25, 0.3) is 0 Å². The van der Waals surface area contributed by atoms with Crippen molar-refractivity contribution in [2.45, 2.75) is 26.2 Å². The molecule has 1 aliphatic rings. The maximum Gasteiger partial charge on any atom is 0.249 e. The van der Waals surface area contributed by atoms with Crippen LogP contribution in [0.3, 0.4) is 0 Å². The van der Waals surface area contributed by atoms with Crippen molar-refractivity contribution in [2.75, 3.05) is 6.26 Å². The SMILES string of the molecule is CCC1CC(C=NS(C)(=O)=O)C1. The van der Waals surface area contributed by atoms with Gasteiger partial charge in [0.05, 0.1) is 6.26 Å². The Kier molecular flexibility index (Phi) is 2.88. The topological polar surface area (TPSA) is 46.5 Å². The molecule has 3 nitrogen and oxygen atoms in total. The lowest BCUT2D eigenvalue weighted by Crippen LogP contribution is -2.24. The van der Waals surface area contributed by atoms with Gasteiger partial charge < -0.3 is 0 Å². The Morgan fingerprint density at radius 2 is 2.08 bits per heavy atom. The van der Waals surface area contributed by atoms with Gasteiger partial charge in [0.2, 0.25) is 10.0 Å². The number of nitrogens with zero attached hydrogens (tertiary/aromatic N) is 1. The molecule has 4 heteroatoms. The first kappa shape index (κ1) is 9.71. The van der Waals surface area contributed by atoms with Gasteiger partial charge in [-0.3, -0.25) is 0 Å². The van der Waals surface area contributed by atoms with Gasteiger partial charge >= 0.3 is 0 Å². The first-order valence-corrected chi connectivity index (χ1v) is 6.11. The lowest BCUT2D eigenvalue weighted by atomic mass is 9.74. The second kappa shape index (κ2) is 3.56. The Balaban J connectivity index is 2.32. The van der Waals surface area contributed by atoms with Crippen LogP contribution in [0.15, 0.2) is 4.40 Å². The predicted molar refractivity (Wildman–Crippen MR) is 49.8 cm³/mol. The van der Waals surface area contributed by atoms with Gasteiger partial charge in [0, 0.05) is 6.21 Å². The second-order valence-corrected chi connectivity index (χ2v) is 5.17. The van der Waals surface area contributed by atoms with Gasteiger partial charge in [-0.05, 0) is 24.7 Å². The molecule has 0 N–H and O–H groups in total. The van der Waals surface area contributed by atoms with Crippen LogP contribution in [0, 0.1) is 11.8 Å². The molecule has 0 saturated heterocycles. The Morgan fingerprint density at radius 1 is 1.50 bits per heavy atom. The molecule has 0 bridgehead atoms. The van der Waals surface area contributed by atoms with Gasteiger partial charge in [-0.1, -0.05) is 13.3 Å². The fraction of sp³-hybridized carbons (Fsp3) is 0.875. The summed E-state index contributed by atoms with van der Waals surface area (Å²) in [6, 6.07) is 0. The van der Waals surface area contributed by atoms with E-state index in [2.05, 4.69) is 11.3 Å². The average molecular weight is 189 g/mol. The Hall–Kier alpha value is -0.380. The summed E-state index contributed by atoms with van der Waals surface area (Å²) < 4.78 is 24.8. The zero-order chi connectivity index (χ0) is 9.19. The van der Waals surface area contributed by atoms with E-state index in [4.69, 9.17) is 0 Å². The molecule has 0 amide bonds. The number of rotatable bonds is 3. The molecular weight excluding hydrogens is 174 g/mol. The summed E-state index contributed by atoms with van der Waals surface area (Å²) in [4.78, 5) is 0. The summed E-state index contributed by atoms with van der Waals surface area (Å²) in [6.45, 7) is 2.16. The first-order chi connectivity index (χ1) is 5.51. The van der Waals surface area contributed by atoms with Crippen LogP contribution in [0.5, 0.6) is 0 Å². The molecule has 0 spiro atoms. The molecule has 0 aromatic carbocycles. The number of hydrogen-bond acceptors (Lipinski definition) is 2. The third kappa shape index (κ3) is 2.93. The molecule has 0 radical (unpaired) electrons. The van der Waals surface area contributed by atoms with E-state index in [1.807, 2.05) is 0 Å². The van der Waals surface area contributed by atoms with E-state index >= 15 is 0 Å². The van der Waals surface area contributed by atoms with Crippen molar-refractivity contribution in [3.05, 3.63) is 0 Å². The third-order valence-electron chi connectivity index (χ3n) is 2.31. The summed E-state index contributed by atoms with van der Waals surface area (Å²) >= 11 is 0. The van der Waals surface area contributed by atoms with Crippen molar-refractivity contribution >= 4 is 16.2 Å².